The van der Waals surface area contributed by atoms with Gasteiger partial charge in [-0.1, -0.05) is 23.2 Å². The molecule has 0 saturated carbocycles. The Kier molecular flexibility index (Phi) is 2.58. The molecule has 0 radical (unpaired) electrons. The van der Waals surface area contributed by atoms with Crippen LogP contribution in [0.5, 0.6) is 0 Å². The van der Waals surface area contributed by atoms with Gasteiger partial charge in [0.25, 0.3) is 0 Å². The lowest BCUT2D eigenvalue weighted by Gasteiger charge is -2.02. The lowest BCUT2D eigenvalue weighted by molar-refractivity contribution is 0.874. The summed E-state index contributed by atoms with van der Waals surface area (Å²) in [5.74, 6) is 0. The van der Waals surface area contributed by atoms with Crippen molar-refractivity contribution >= 4 is 35.4 Å². The molecular formula is C8H5Cl2N3S. The molecule has 0 fully saturated rings. The molecule has 1 heterocycles. The van der Waals surface area contributed by atoms with E-state index in [0.717, 1.165) is 5.69 Å². The van der Waals surface area contributed by atoms with Gasteiger partial charge in [0, 0.05) is 0 Å². The fourth-order valence-corrected chi connectivity index (χ4v) is 1.47. The van der Waals surface area contributed by atoms with E-state index in [0.29, 0.717) is 14.8 Å². The van der Waals surface area contributed by atoms with Gasteiger partial charge in [-0.05, 0) is 30.4 Å². The number of hydrogen-bond acceptors (Lipinski definition) is 2. The van der Waals surface area contributed by atoms with Crippen molar-refractivity contribution < 1.29 is 0 Å². The maximum Gasteiger partial charge on any atom is 0.213 e. The molecule has 0 atom stereocenters. The summed E-state index contributed by atoms with van der Waals surface area (Å²) in [6.07, 6.45) is 1.59. The zero-order chi connectivity index (χ0) is 10.1. The van der Waals surface area contributed by atoms with Crippen LogP contribution in [0.25, 0.3) is 5.69 Å². The molecule has 0 amide bonds. The van der Waals surface area contributed by atoms with Crippen molar-refractivity contribution in [2.75, 3.05) is 0 Å². The summed E-state index contributed by atoms with van der Waals surface area (Å²) >= 11 is 16.5. The quantitative estimate of drug-likeness (QED) is 0.783. The first kappa shape index (κ1) is 9.71. The number of halogens is 2. The predicted octanol–water partition coefficient (Wildman–Crippen LogP) is 3.24. The highest BCUT2D eigenvalue weighted by Gasteiger charge is 2.00. The summed E-state index contributed by atoms with van der Waals surface area (Å²) in [5, 5.41) is 3.88. The van der Waals surface area contributed by atoms with Crippen LogP contribution in [0, 0.1) is 4.77 Å². The van der Waals surface area contributed by atoms with Gasteiger partial charge in [-0.3, -0.25) is 5.10 Å². The van der Waals surface area contributed by atoms with E-state index in [2.05, 4.69) is 10.1 Å². The third-order valence-corrected chi connectivity index (χ3v) is 2.62. The first-order valence-corrected chi connectivity index (χ1v) is 4.92. The minimum atomic E-state index is 0.427. The summed E-state index contributed by atoms with van der Waals surface area (Å²) in [5.41, 5.74) is 0.836. The maximum absolute atomic E-state index is 5.86. The van der Waals surface area contributed by atoms with Gasteiger partial charge < -0.3 is 0 Å². The molecule has 6 heteroatoms. The molecule has 0 saturated heterocycles. The highest BCUT2D eigenvalue weighted by molar-refractivity contribution is 7.71. The Bertz CT molecular complexity index is 517. The second-order valence-corrected chi connectivity index (χ2v) is 3.83. The maximum atomic E-state index is 5.86. The smallest absolute Gasteiger partial charge is 0.213 e. The molecule has 0 spiro atoms. The standard InChI is InChI=1S/C8H5Cl2N3S/c9-6-2-1-5(3-7(6)10)13-4-11-8(14)12-13/h1-4H,(H,12,14). The lowest BCUT2D eigenvalue weighted by Crippen LogP contribution is -1.93. The molecule has 0 aliphatic rings. The Morgan fingerprint density at radius 2 is 2.07 bits per heavy atom. The second-order valence-electron chi connectivity index (χ2n) is 2.63. The lowest BCUT2D eigenvalue weighted by atomic mass is 10.3. The van der Waals surface area contributed by atoms with Crippen molar-refractivity contribution in [3.05, 3.63) is 39.3 Å². The molecule has 2 rings (SSSR count). The van der Waals surface area contributed by atoms with Crippen LogP contribution in [-0.2, 0) is 0 Å². The molecule has 0 aliphatic carbocycles. The number of benzene rings is 1. The van der Waals surface area contributed by atoms with Crippen LogP contribution < -0.4 is 0 Å². The number of hydrogen-bond donors (Lipinski definition) is 1. The average Bonchev–Trinajstić information content (AvgIpc) is 2.57. The molecule has 1 aromatic carbocycles. The summed E-state index contributed by atoms with van der Waals surface area (Å²) in [4.78, 5) is 3.89. The predicted molar refractivity (Wildman–Crippen MR) is 58.8 cm³/mol. The molecule has 14 heavy (non-hydrogen) atoms. The van der Waals surface area contributed by atoms with Gasteiger partial charge in [0.1, 0.15) is 6.33 Å². The van der Waals surface area contributed by atoms with Gasteiger partial charge in [-0.15, -0.1) is 0 Å². The second kappa shape index (κ2) is 3.73. The zero-order valence-corrected chi connectivity index (χ0v) is 9.20. The Hall–Kier alpha value is -0.840. The number of nitrogens with one attached hydrogen (secondary N) is 1. The molecule has 0 aliphatic heterocycles. The van der Waals surface area contributed by atoms with Gasteiger partial charge in [-0.2, -0.15) is 0 Å². The van der Waals surface area contributed by atoms with E-state index < -0.39 is 0 Å². The highest BCUT2D eigenvalue weighted by Crippen LogP contribution is 2.23. The average molecular weight is 246 g/mol. The number of nitrogens with zero attached hydrogens (tertiary/aromatic N) is 2. The van der Waals surface area contributed by atoms with Gasteiger partial charge >= 0.3 is 0 Å². The third kappa shape index (κ3) is 1.82. The minimum absolute atomic E-state index is 0.427. The minimum Gasteiger partial charge on any atom is -0.267 e. The van der Waals surface area contributed by atoms with Crippen molar-refractivity contribution in [1.29, 1.82) is 0 Å². The molecule has 72 valence electrons. The number of H-pyrrole nitrogens is 1. The van der Waals surface area contributed by atoms with Crippen LogP contribution in [0.2, 0.25) is 10.0 Å². The van der Waals surface area contributed by atoms with E-state index in [-0.39, 0.29) is 0 Å². The monoisotopic (exact) mass is 245 g/mol. The number of aromatic nitrogens is 3. The van der Waals surface area contributed by atoms with E-state index in [1.165, 1.54) is 0 Å². The van der Waals surface area contributed by atoms with Gasteiger partial charge in [-0.25, -0.2) is 9.67 Å². The normalized spacial score (nSPS) is 10.4. The number of rotatable bonds is 1. The van der Waals surface area contributed by atoms with Crippen LogP contribution in [-0.4, -0.2) is 14.8 Å². The van der Waals surface area contributed by atoms with E-state index in [1.807, 2.05) is 6.07 Å². The first-order chi connectivity index (χ1) is 6.66. The van der Waals surface area contributed by atoms with Crippen LogP contribution in [0.1, 0.15) is 0 Å². The molecule has 1 aromatic heterocycles. The van der Waals surface area contributed by atoms with Crippen LogP contribution >= 0.6 is 35.4 Å². The van der Waals surface area contributed by atoms with E-state index in [9.17, 15) is 0 Å². The zero-order valence-electron chi connectivity index (χ0n) is 6.87. The molecule has 2 aromatic rings. The molecule has 0 bridgehead atoms. The van der Waals surface area contributed by atoms with Gasteiger partial charge in [0.15, 0.2) is 0 Å². The van der Waals surface area contributed by atoms with Crippen LogP contribution in [0.15, 0.2) is 24.5 Å². The summed E-state index contributed by atoms with van der Waals surface area (Å²) in [6.45, 7) is 0. The molecular weight excluding hydrogens is 241 g/mol. The highest BCUT2D eigenvalue weighted by atomic mass is 35.5. The molecule has 0 unspecified atom stereocenters. The summed E-state index contributed by atoms with van der Waals surface area (Å²) < 4.78 is 2.10. The summed E-state index contributed by atoms with van der Waals surface area (Å²) in [7, 11) is 0. The third-order valence-electron chi connectivity index (χ3n) is 1.69. The van der Waals surface area contributed by atoms with E-state index >= 15 is 0 Å². The van der Waals surface area contributed by atoms with Crippen LogP contribution in [0.3, 0.4) is 0 Å². The first-order valence-electron chi connectivity index (χ1n) is 3.76. The van der Waals surface area contributed by atoms with Crippen molar-refractivity contribution in [3.63, 3.8) is 0 Å². The summed E-state index contributed by atoms with van der Waals surface area (Å²) in [6, 6.07) is 5.27. The Labute approximate surface area is 95.3 Å². The largest absolute Gasteiger partial charge is 0.267 e. The van der Waals surface area contributed by atoms with Crippen molar-refractivity contribution in [1.82, 2.24) is 14.8 Å². The SMILES string of the molecule is S=c1ncn(-c2ccc(Cl)c(Cl)c2)[nH]1. The Morgan fingerprint density at radius 3 is 2.64 bits per heavy atom. The Morgan fingerprint density at radius 1 is 1.29 bits per heavy atom. The van der Waals surface area contributed by atoms with E-state index in [4.69, 9.17) is 35.4 Å². The van der Waals surface area contributed by atoms with E-state index in [1.54, 1.807) is 23.1 Å². The molecule has 3 nitrogen and oxygen atoms in total. The van der Waals surface area contributed by atoms with Gasteiger partial charge in [0.2, 0.25) is 4.77 Å². The van der Waals surface area contributed by atoms with Gasteiger partial charge in [0.05, 0.1) is 15.7 Å². The van der Waals surface area contributed by atoms with Crippen LogP contribution in [0.4, 0.5) is 0 Å². The fourth-order valence-electron chi connectivity index (χ4n) is 1.04. The van der Waals surface area contributed by atoms with Crippen molar-refractivity contribution in [2.24, 2.45) is 0 Å². The topological polar surface area (TPSA) is 33.6 Å². The van der Waals surface area contributed by atoms with Crippen molar-refractivity contribution in [3.8, 4) is 5.69 Å². The fraction of sp³-hybridized carbons (Fsp3) is 0. The number of aromatic amines is 1. The molecule has 1 N–H and O–H groups in total. The Balaban J connectivity index is 2.52. The van der Waals surface area contributed by atoms with Crippen molar-refractivity contribution in [2.45, 2.75) is 0 Å².